The third-order valence-electron chi connectivity index (χ3n) is 6.86. The standard InChI is InChI=1S/C21H31ClN4O3/c1-28-19-10-16(23)15(22)9-14(19)21(27)24-17-5-8-26(12-20(17)29-2)18-11-25-6-3-13(18)4-7-25/h9-10,13,17-18,20H,3-8,11-12,23H2,1-2H3,(H,24,27)/t17-,18-,20+/m0/s1. The summed E-state index contributed by atoms with van der Waals surface area (Å²) in [6.07, 6.45) is 3.42. The molecule has 4 fully saturated rings. The van der Waals surface area contributed by atoms with Gasteiger partial charge in [-0.3, -0.25) is 9.69 Å². The van der Waals surface area contributed by atoms with Gasteiger partial charge in [0.05, 0.1) is 35.5 Å². The van der Waals surface area contributed by atoms with Crippen LogP contribution in [0.2, 0.25) is 5.02 Å². The number of amides is 1. The summed E-state index contributed by atoms with van der Waals surface area (Å²) >= 11 is 6.13. The molecule has 3 N–H and O–H groups in total. The zero-order chi connectivity index (χ0) is 20.5. The molecule has 0 spiro atoms. The van der Waals surface area contributed by atoms with E-state index in [2.05, 4.69) is 15.1 Å². The van der Waals surface area contributed by atoms with E-state index in [0.29, 0.717) is 28.1 Å². The smallest absolute Gasteiger partial charge is 0.255 e. The topological polar surface area (TPSA) is 80.1 Å². The molecule has 4 aliphatic heterocycles. The highest BCUT2D eigenvalue weighted by Crippen LogP contribution is 2.33. The molecule has 1 amide bonds. The first-order valence-electron chi connectivity index (χ1n) is 10.4. The van der Waals surface area contributed by atoms with Crippen molar-refractivity contribution in [1.82, 2.24) is 15.1 Å². The lowest BCUT2D eigenvalue weighted by Gasteiger charge is -2.51. The zero-order valence-corrected chi connectivity index (χ0v) is 18.0. The Bertz CT molecular complexity index is 754. The van der Waals surface area contributed by atoms with Gasteiger partial charge in [-0.1, -0.05) is 11.6 Å². The van der Waals surface area contributed by atoms with E-state index in [4.69, 9.17) is 26.8 Å². The number of hydrogen-bond acceptors (Lipinski definition) is 6. The van der Waals surface area contributed by atoms with E-state index in [9.17, 15) is 4.79 Å². The highest BCUT2D eigenvalue weighted by atomic mass is 35.5. The Hall–Kier alpha value is -1.54. The molecule has 2 bridgehead atoms. The molecule has 0 radical (unpaired) electrons. The molecule has 8 heteroatoms. The fourth-order valence-corrected chi connectivity index (χ4v) is 5.32. The Morgan fingerprint density at radius 3 is 2.55 bits per heavy atom. The third-order valence-corrected chi connectivity index (χ3v) is 7.19. The number of carbonyl (C=O) groups excluding carboxylic acids is 1. The van der Waals surface area contributed by atoms with Crippen LogP contribution in [0.5, 0.6) is 5.75 Å². The molecule has 1 aromatic rings. The van der Waals surface area contributed by atoms with Crippen molar-refractivity contribution in [3.63, 3.8) is 0 Å². The summed E-state index contributed by atoms with van der Waals surface area (Å²) in [5, 5.41) is 3.48. The number of nitrogens with two attached hydrogens (primary N) is 1. The van der Waals surface area contributed by atoms with Gasteiger partial charge in [0.15, 0.2) is 0 Å². The zero-order valence-electron chi connectivity index (χ0n) is 17.2. The molecule has 7 nitrogen and oxygen atoms in total. The van der Waals surface area contributed by atoms with E-state index >= 15 is 0 Å². The Morgan fingerprint density at radius 2 is 1.93 bits per heavy atom. The average molecular weight is 423 g/mol. The number of carbonyl (C=O) groups is 1. The summed E-state index contributed by atoms with van der Waals surface area (Å²) < 4.78 is 11.1. The monoisotopic (exact) mass is 422 g/mol. The lowest BCUT2D eigenvalue weighted by Crippen LogP contribution is -2.63. The maximum absolute atomic E-state index is 12.9. The minimum atomic E-state index is -0.216. The molecule has 3 atom stereocenters. The summed E-state index contributed by atoms with van der Waals surface area (Å²) in [5.41, 5.74) is 6.61. The second-order valence-corrected chi connectivity index (χ2v) is 8.82. The second-order valence-electron chi connectivity index (χ2n) is 8.42. The highest BCUT2D eigenvalue weighted by Gasteiger charge is 2.41. The quantitative estimate of drug-likeness (QED) is 0.705. The number of likely N-dealkylation sites (tertiary alicyclic amines) is 1. The summed E-state index contributed by atoms with van der Waals surface area (Å²) in [6.45, 7) is 5.47. The van der Waals surface area contributed by atoms with Crippen LogP contribution in [0.25, 0.3) is 0 Å². The molecule has 0 unspecified atom stereocenters. The van der Waals surface area contributed by atoms with Gasteiger partial charge >= 0.3 is 0 Å². The molecule has 5 rings (SSSR count). The number of hydrogen-bond donors (Lipinski definition) is 2. The number of piperidine rings is 4. The van der Waals surface area contributed by atoms with Crippen molar-refractivity contribution in [2.45, 2.75) is 37.5 Å². The van der Waals surface area contributed by atoms with Crippen molar-refractivity contribution < 1.29 is 14.3 Å². The number of halogens is 1. The molecule has 4 heterocycles. The number of anilines is 1. The molecule has 4 saturated heterocycles. The van der Waals surface area contributed by atoms with Gasteiger partial charge in [-0.05, 0) is 44.3 Å². The Morgan fingerprint density at radius 1 is 1.17 bits per heavy atom. The first-order chi connectivity index (χ1) is 14.0. The molecule has 29 heavy (non-hydrogen) atoms. The molecular weight excluding hydrogens is 392 g/mol. The predicted molar refractivity (Wildman–Crippen MR) is 114 cm³/mol. The van der Waals surface area contributed by atoms with Gasteiger partial charge in [-0.15, -0.1) is 0 Å². The summed E-state index contributed by atoms with van der Waals surface area (Å²) in [4.78, 5) is 18.1. The van der Waals surface area contributed by atoms with Crippen molar-refractivity contribution in [3.8, 4) is 5.75 Å². The average Bonchev–Trinajstić information content (AvgIpc) is 2.76. The number of methoxy groups -OCH3 is 2. The van der Waals surface area contributed by atoms with Crippen molar-refractivity contribution in [3.05, 3.63) is 22.7 Å². The molecule has 0 saturated carbocycles. The lowest BCUT2D eigenvalue weighted by atomic mass is 9.82. The molecular formula is C21H31ClN4O3. The second kappa shape index (κ2) is 8.68. The van der Waals surface area contributed by atoms with Crippen LogP contribution >= 0.6 is 11.6 Å². The van der Waals surface area contributed by atoms with Crippen LogP contribution in [0.1, 0.15) is 29.6 Å². The van der Waals surface area contributed by atoms with Crippen LogP contribution in [0.4, 0.5) is 5.69 Å². The number of nitrogens with one attached hydrogen (secondary N) is 1. The summed E-state index contributed by atoms with van der Waals surface area (Å²) in [5.74, 6) is 1.000. The Kier molecular flexibility index (Phi) is 6.20. The number of benzene rings is 1. The number of rotatable bonds is 5. The first kappa shape index (κ1) is 20.7. The fourth-order valence-electron chi connectivity index (χ4n) is 5.15. The molecule has 4 aliphatic rings. The molecule has 160 valence electrons. The van der Waals surface area contributed by atoms with Gasteiger partial charge in [0.2, 0.25) is 0 Å². The molecule has 0 aliphatic carbocycles. The van der Waals surface area contributed by atoms with E-state index in [-0.39, 0.29) is 18.1 Å². The minimum Gasteiger partial charge on any atom is -0.496 e. The van der Waals surface area contributed by atoms with Crippen LogP contribution in [-0.4, -0.2) is 80.8 Å². The third kappa shape index (κ3) is 4.19. The Labute approximate surface area is 177 Å². The Balaban J connectivity index is 1.42. The van der Waals surface area contributed by atoms with Crippen molar-refractivity contribution in [2.24, 2.45) is 5.92 Å². The summed E-state index contributed by atoms with van der Waals surface area (Å²) in [7, 11) is 3.24. The predicted octanol–water partition coefficient (Wildman–Crippen LogP) is 1.84. The summed E-state index contributed by atoms with van der Waals surface area (Å²) in [6, 6.07) is 3.71. The molecule has 0 aromatic heterocycles. The lowest BCUT2D eigenvalue weighted by molar-refractivity contribution is -0.0515. The van der Waals surface area contributed by atoms with Crippen LogP contribution in [0, 0.1) is 5.92 Å². The largest absolute Gasteiger partial charge is 0.496 e. The van der Waals surface area contributed by atoms with Gasteiger partial charge in [0, 0.05) is 38.9 Å². The number of ether oxygens (including phenoxy) is 2. The van der Waals surface area contributed by atoms with Crippen molar-refractivity contribution in [1.29, 1.82) is 0 Å². The number of nitrogen functional groups attached to an aromatic ring is 1. The van der Waals surface area contributed by atoms with Gasteiger partial charge < -0.3 is 25.4 Å². The van der Waals surface area contributed by atoms with Crippen molar-refractivity contribution in [2.75, 3.05) is 52.7 Å². The van der Waals surface area contributed by atoms with E-state index in [1.54, 1.807) is 19.2 Å². The first-order valence-corrected chi connectivity index (χ1v) is 10.8. The van der Waals surface area contributed by atoms with E-state index in [0.717, 1.165) is 25.4 Å². The van der Waals surface area contributed by atoms with Crippen LogP contribution < -0.4 is 15.8 Å². The van der Waals surface area contributed by atoms with E-state index in [1.807, 2.05) is 0 Å². The van der Waals surface area contributed by atoms with Gasteiger partial charge in [-0.25, -0.2) is 0 Å². The van der Waals surface area contributed by atoms with Crippen molar-refractivity contribution >= 4 is 23.2 Å². The van der Waals surface area contributed by atoms with Gasteiger partial charge in [-0.2, -0.15) is 0 Å². The molecule has 1 aromatic carbocycles. The van der Waals surface area contributed by atoms with Crippen LogP contribution in [0.15, 0.2) is 12.1 Å². The van der Waals surface area contributed by atoms with Gasteiger partial charge in [0.1, 0.15) is 5.75 Å². The van der Waals surface area contributed by atoms with Gasteiger partial charge in [0.25, 0.3) is 5.91 Å². The van der Waals surface area contributed by atoms with Crippen LogP contribution in [0.3, 0.4) is 0 Å². The van der Waals surface area contributed by atoms with E-state index < -0.39 is 0 Å². The SMILES string of the molecule is COc1cc(N)c(Cl)cc1C(=O)N[C@H]1CCN([C@H]2CN3CCC2CC3)C[C@H]1OC. The number of fused-ring (bicyclic) bond motifs is 3. The van der Waals surface area contributed by atoms with Crippen LogP contribution in [-0.2, 0) is 4.74 Å². The normalized spacial score (nSPS) is 32.2. The maximum Gasteiger partial charge on any atom is 0.255 e. The fraction of sp³-hybridized carbons (Fsp3) is 0.667. The highest BCUT2D eigenvalue weighted by molar-refractivity contribution is 6.33. The number of nitrogens with zero attached hydrogens (tertiary/aromatic N) is 2. The minimum absolute atomic E-state index is 0.0431. The van der Waals surface area contributed by atoms with E-state index in [1.165, 1.54) is 39.6 Å². The maximum atomic E-state index is 12.9.